The zero-order valence-electron chi connectivity index (χ0n) is 23.2. The van der Waals surface area contributed by atoms with Gasteiger partial charge in [-0.1, -0.05) is 20.8 Å². The molecule has 39 heavy (non-hydrogen) atoms. The molecule has 4 heterocycles. The molecule has 0 atom stereocenters. The van der Waals surface area contributed by atoms with Gasteiger partial charge in [0.1, 0.15) is 5.82 Å². The van der Waals surface area contributed by atoms with Gasteiger partial charge in [-0.05, 0) is 29.8 Å². The summed E-state index contributed by atoms with van der Waals surface area (Å²) in [7, 11) is 5.48. The van der Waals surface area contributed by atoms with Crippen LogP contribution in [0.4, 0.5) is 5.69 Å². The van der Waals surface area contributed by atoms with E-state index in [4.69, 9.17) is 9.72 Å². The molecule has 3 aromatic heterocycles. The minimum absolute atomic E-state index is 0.0763. The van der Waals surface area contributed by atoms with Crippen molar-refractivity contribution in [3.05, 3.63) is 58.5 Å². The zero-order valence-corrected chi connectivity index (χ0v) is 23.2. The topological polar surface area (TPSA) is 92.1 Å². The first-order chi connectivity index (χ1) is 18.6. The van der Waals surface area contributed by atoms with Crippen LogP contribution in [0.3, 0.4) is 0 Å². The first-order valence-corrected chi connectivity index (χ1v) is 13.1. The van der Waals surface area contributed by atoms with Gasteiger partial charge >= 0.3 is 5.69 Å². The summed E-state index contributed by atoms with van der Waals surface area (Å²) < 4.78 is 12.9. The van der Waals surface area contributed by atoms with Gasteiger partial charge in [-0.25, -0.2) is 9.78 Å². The van der Waals surface area contributed by atoms with Crippen LogP contribution in [0.15, 0.2) is 41.5 Å². The summed E-state index contributed by atoms with van der Waals surface area (Å²) >= 11 is 0. The lowest BCUT2D eigenvalue weighted by atomic mass is 9.95. The van der Waals surface area contributed by atoms with Crippen LogP contribution >= 0.6 is 0 Å². The van der Waals surface area contributed by atoms with Crippen molar-refractivity contribution in [2.75, 3.05) is 31.2 Å². The van der Waals surface area contributed by atoms with E-state index in [1.807, 2.05) is 38.5 Å². The second-order valence-corrected chi connectivity index (χ2v) is 11.3. The Morgan fingerprint density at radius 2 is 1.72 bits per heavy atom. The number of imidazole rings is 2. The summed E-state index contributed by atoms with van der Waals surface area (Å²) in [5.74, 6) is 0.867. The Morgan fingerprint density at radius 1 is 0.974 bits per heavy atom. The van der Waals surface area contributed by atoms with Gasteiger partial charge in [0, 0.05) is 57.0 Å². The Hall–Kier alpha value is -4.18. The molecular weight excluding hydrogens is 494 g/mol. The average Bonchev–Trinajstić information content (AvgIpc) is 3.59. The SMILES string of the molecule is Cn1cc(-c2cc3nc(C(C)(C)C)n(-c4cc(N5CCOCC5)c5c(c4)n(C)c(=O)n5C)c3cc2C=O)cn1. The van der Waals surface area contributed by atoms with Crippen LogP contribution in [0, 0.1) is 0 Å². The van der Waals surface area contributed by atoms with Crippen LogP contribution in [0.1, 0.15) is 37.0 Å². The predicted molar refractivity (Wildman–Crippen MR) is 152 cm³/mol. The van der Waals surface area contributed by atoms with Crippen LogP contribution < -0.4 is 10.6 Å². The second-order valence-electron chi connectivity index (χ2n) is 11.3. The van der Waals surface area contributed by atoms with E-state index < -0.39 is 0 Å². The standard InChI is InChI=1S/C29H33N7O3/c1-29(2,3)27-31-22-14-21(19-15-30-32(4)16-19)18(17-37)11-23(22)36(27)20-12-24-26(34(6)28(38)33(24)5)25(13-20)35-7-9-39-10-8-35/h11-17H,7-10H2,1-6H3. The Bertz CT molecular complexity index is 1810. The fraction of sp³-hybridized carbons (Fsp3) is 0.379. The molecule has 6 rings (SSSR count). The number of aromatic nitrogens is 6. The number of benzene rings is 2. The minimum Gasteiger partial charge on any atom is -0.378 e. The third-order valence-corrected chi connectivity index (χ3v) is 7.57. The molecule has 1 saturated heterocycles. The Labute approximate surface area is 226 Å². The number of carbonyl (C=O) groups is 1. The number of nitrogens with zero attached hydrogens (tertiary/aromatic N) is 7. The largest absolute Gasteiger partial charge is 0.378 e. The lowest BCUT2D eigenvalue weighted by Gasteiger charge is -2.30. The molecule has 0 aliphatic carbocycles. The smallest absolute Gasteiger partial charge is 0.328 e. The monoisotopic (exact) mass is 527 g/mol. The first-order valence-electron chi connectivity index (χ1n) is 13.1. The van der Waals surface area contributed by atoms with Gasteiger partial charge in [-0.2, -0.15) is 5.10 Å². The van der Waals surface area contributed by atoms with Crippen molar-refractivity contribution < 1.29 is 9.53 Å². The van der Waals surface area contributed by atoms with Gasteiger partial charge < -0.3 is 9.64 Å². The fourth-order valence-electron chi connectivity index (χ4n) is 5.60. The fourth-order valence-corrected chi connectivity index (χ4v) is 5.60. The van der Waals surface area contributed by atoms with Gasteiger partial charge in [-0.15, -0.1) is 0 Å². The number of rotatable bonds is 4. The molecule has 2 aromatic carbocycles. The highest BCUT2D eigenvalue weighted by Crippen LogP contribution is 2.37. The Balaban J connectivity index is 1.68. The molecule has 0 unspecified atom stereocenters. The molecule has 1 aliphatic heterocycles. The quantitative estimate of drug-likeness (QED) is 0.332. The molecule has 0 spiro atoms. The van der Waals surface area contributed by atoms with E-state index in [0.717, 1.165) is 69.8 Å². The van der Waals surface area contributed by atoms with Gasteiger partial charge in [0.05, 0.1) is 52.9 Å². The number of morpholine rings is 1. The molecule has 5 aromatic rings. The molecule has 0 saturated carbocycles. The van der Waals surface area contributed by atoms with Gasteiger partial charge in [0.15, 0.2) is 6.29 Å². The third kappa shape index (κ3) is 3.97. The zero-order chi connectivity index (χ0) is 27.6. The maximum Gasteiger partial charge on any atom is 0.328 e. The number of aryl methyl sites for hydroxylation is 3. The van der Waals surface area contributed by atoms with Crippen molar-refractivity contribution in [3.63, 3.8) is 0 Å². The molecule has 1 aliphatic rings. The van der Waals surface area contributed by atoms with E-state index in [0.29, 0.717) is 18.8 Å². The summed E-state index contributed by atoms with van der Waals surface area (Å²) in [5.41, 5.74) is 7.08. The minimum atomic E-state index is -0.300. The summed E-state index contributed by atoms with van der Waals surface area (Å²) in [4.78, 5) is 32.7. The summed E-state index contributed by atoms with van der Waals surface area (Å²) in [5, 5.41) is 4.29. The lowest BCUT2D eigenvalue weighted by Crippen LogP contribution is -2.36. The van der Waals surface area contributed by atoms with E-state index in [1.165, 1.54) is 0 Å². The molecule has 10 nitrogen and oxygen atoms in total. The van der Waals surface area contributed by atoms with E-state index in [-0.39, 0.29) is 11.1 Å². The van der Waals surface area contributed by atoms with Gasteiger partial charge in [0.25, 0.3) is 0 Å². The van der Waals surface area contributed by atoms with Crippen LogP contribution in [-0.2, 0) is 31.3 Å². The normalized spacial score (nSPS) is 14.6. The van der Waals surface area contributed by atoms with Crippen LogP contribution in [-0.4, -0.2) is 61.1 Å². The van der Waals surface area contributed by atoms with Crippen molar-refractivity contribution in [3.8, 4) is 16.8 Å². The third-order valence-electron chi connectivity index (χ3n) is 7.57. The van der Waals surface area contributed by atoms with Crippen molar-refractivity contribution >= 4 is 34.0 Å². The van der Waals surface area contributed by atoms with Crippen LogP contribution in [0.5, 0.6) is 0 Å². The lowest BCUT2D eigenvalue weighted by molar-refractivity contribution is 0.112. The van der Waals surface area contributed by atoms with Crippen molar-refractivity contribution in [1.29, 1.82) is 0 Å². The van der Waals surface area contributed by atoms with Gasteiger partial charge in [0.2, 0.25) is 0 Å². The number of ether oxygens (including phenoxy) is 1. The summed E-state index contributed by atoms with van der Waals surface area (Å²) in [6.45, 7) is 9.14. The van der Waals surface area contributed by atoms with Crippen molar-refractivity contribution in [1.82, 2.24) is 28.5 Å². The predicted octanol–water partition coefficient (Wildman–Crippen LogP) is 3.56. The highest BCUT2D eigenvalue weighted by atomic mass is 16.5. The number of anilines is 1. The number of hydrogen-bond acceptors (Lipinski definition) is 6. The van der Waals surface area contributed by atoms with Crippen LogP contribution in [0.25, 0.3) is 38.9 Å². The number of hydrogen-bond donors (Lipinski definition) is 0. The highest BCUT2D eigenvalue weighted by Gasteiger charge is 2.27. The van der Waals surface area contributed by atoms with Gasteiger partial charge in [-0.3, -0.25) is 23.2 Å². The number of carbonyl (C=O) groups excluding carboxylic acids is 1. The molecular formula is C29H33N7O3. The molecule has 0 amide bonds. The molecule has 0 bridgehead atoms. The molecule has 0 radical (unpaired) electrons. The first kappa shape index (κ1) is 25.1. The van der Waals surface area contributed by atoms with E-state index in [2.05, 4.69) is 41.4 Å². The Kier molecular flexibility index (Phi) is 5.76. The maximum atomic E-state index is 13.0. The van der Waals surface area contributed by atoms with E-state index >= 15 is 0 Å². The van der Waals surface area contributed by atoms with Crippen molar-refractivity contribution in [2.45, 2.75) is 26.2 Å². The summed E-state index contributed by atoms with van der Waals surface area (Å²) in [6, 6.07) is 8.07. The maximum absolute atomic E-state index is 13.0. The van der Waals surface area contributed by atoms with Crippen molar-refractivity contribution in [2.24, 2.45) is 21.1 Å². The number of fused-ring (bicyclic) bond motifs is 2. The van der Waals surface area contributed by atoms with E-state index in [1.54, 1.807) is 27.1 Å². The number of aldehydes is 1. The average molecular weight is 528 g/mol. The molecule has 10 heteroatoms. The highest BCUT2D eigenvalue weighted by molar-refractivity contribution is 5.97. The summed E-state index contributed by atoms with van der Waals surface area (Å²) in [6.07, 6.45) is 4.54. The van der Waals surface area contributed by atoms with E-state index in [9.17, 15) is 9.59 Å². The van der Waals surface area contributed by atoms with Crippen LogP contribution in [0.2, 0.25) is 0 Å². The second kappa shape index (κ2) is 8.94. The molecule has 1 fully saturated rings. The molecule has 202 valence electrons. The molecule has 0 N–H and O–H groups in total. The Morgan fingerprint density at radius 3 is 2.36 bits per heavy atom.